The molecule has 12 heavy (non-hydrogen) atoms. The lowest BCUT2D eigenvalue weighted by atomic mass is 9.90. The lowest BCUT2D eigenvalue weighted by molar-refractivity contribution is -0.140. The minimum atomic E-state index is -0.657. The minimum Gasteiger partial charge on any atom is -0.374 e. The summed E-state index contributed by atoms with van der Waals surface area (Å²) in [6, 6.07) is 0. The van der Waals surface area contributed by atoms with Gasteiger partial charge in [0.05, 0.1) is 0 Å². The Balaban J connectivity index is 2.33. The Labute approximate surface area is 70.5 Å². The normalized spacial score (nSPS) is 34.9. The molecule has 0 bridgehead atoms. The van der Waals surface area contributed by atoms with Crippen LogP contribution in [0, 0.1) is 0 Å². The summed E-state index contributed by atoms with van der Waals surface area (Å²) in [6.45, 7) is 2.43. The van der Waals surface area contributed by atoms with Crippen LogP contribution in [0.25, 0.3) is 0 Å². The smallest absolute Gasteiger partial charge is 0.374 e. The largest absolute Gasteiger partial charge is 0.418 e. The molecule has 1 atom stereocenters. The Morgan fingerprint density at radius 2 is 2.17 bits per heavy atom. The highest BCUT2D eigenvalue weighted by Crippen LogP contribution is 2.34. The van der Waals surface area contributed by atoms with Gasteiger partial charge < -0.3 is 4.74 Å². The van der Waals surface area contributed by atoms with E-state index in [-0.39, 0.29) is 5.97 Å². The van der Waals surface area contributed by atoms with Crippen molar-refractivity contribution in [1.29, 1.82) is 0 Å². The van der Waals surface area contributed by atoms with Crippen molar-refractivity contribution in [3.63, 3.8) is 0 Å². The van der Waals surface area contributed by atoms with Crippen molar-refractivity contribution in [2.75, 3.05) is 6.54 Å². The van der Waals surface area contributed by atoms with Gasteiger partial charge in [-0.25, -0.2) is 9.59 Å². The maximum atomic E-state index is 11.3. The summed E-state index contributed by atoms with van der Waals surface area (Å²) < 4.78 is 4.56. The molecule has 2 heterocycles. The van der Waals surface area contributed by atoms with Gasteiger partial charge in [-0.1, -0.05) is 0 Å². The zero-order valence-corrected chi connectivity index (χ0v) is 7.00. The van der Waals surface area contributed by atoms with Gasteiger partial charge in [0.25, 0.3) is 0 Å². The second kappa shape index (κ2) is 2.21. The number of rotatable bonds is 0. The molecule has 0 unspecified atom stereocenters. The van der Waals surface area contributed by atoms with Gasteiger partial charge in [0.2, 0.25) is 0 Å². The fourth-order valence-corrected chi connectivity index (χ4v) is 1.87. The number of nitrogens with zero attached hydrogens (tertiary/aromatic N) is 1. The SMILES string of the molecule is C[C@]12CCCCN1C(=O)OC2=O. The molecule has 0 aliphatic carbocycles. The number of cyclic esters (lactones) is 2. The van der Waals surface area contributed by atoms with Crippen LogP contribution in [0.1, 0.15) is 26.2 Å². The highest BCUT2D eigenvalue weighted by Gasteiger charge is 2.52. The Bertz CT molecular complexity index is 251. The maximum absolute atomic E-state index is 11.3. The van der Waals surface area contributed by atoms with E-state index in [2.05, 4.69) is 4.74 Å². The first kappa shape index (κ1) is 7.58. The molecule has 0 aromatic carbocycles. The van der Waals surface area contributed by atoms with E-state index in [1.807, 2.05) is 0 Å². The van der Waals surface area contributed by atoms with Crippen molar-refractivity contribution in [2.24, 2.45) is 0 Å². The molecule has 2 rings (SSSR count). The summed E-state index contributed by atoms with van der Waals surface area (Å²) in [5, 5.41) is 0. The fraction of sp³-hybridized carbons (Fsp3) is 0.750. The van der Waals surface area contributed by atoms with Gasteiger partial charge in [0.15, 0.2) is 0 Å². The van der Waals surface area contributed by atoms with Crippen LogP contribution in [0.3, 0.4) is 0 Å². The first-order valence-electron chi connectivity index (χ1n) is 4.18. The molecular formula is C8H11NO3. The Kier molecular flexibility index (Phi) is 1.40. The molecule has 2 saturated heterocycles. The van der Waals surface area contributed by atoms with Crippen LogP contribution >= 0.6 is 0 Å². The molecule has 66 valence electrons. The Morgan fingerprint density at radius 3 is 2.83 bits per heavy atom. The molecule has 2 aliphatic heterocycles. The van der Waals surface area contributed by atoms with Gasteiger partial charge in [-0.2, -0.15) is 0 Å². The quantitative estimate of drug-likeness (QED) is 0.400. The number of amides is 1. The van der Waals surface area contributed by atoms with E-state index in [1.54, 1.807) is 11.8 Å². The van der Waals surface area contributed by atoms with Gasteiger partial charge in [-0.3, -0.25) is 4.90 Å². The van der Waals surface area contributed by atoms with Gasteiger partial charge in [-0.05, 0) is 26.2 Å². The van der Waals surface area contributed by atoms with Crippen molar-refractivity contribution >= 4 is 12.1 Å². The third kappa shape index (κ3) is 0.777. The van der Waals surface area contributed by atoms with Gasteiger partial charge in [0.1, 0.15) is 5.54 Å². The first-order chi connectivity index (χ1) is 5.64. The monoisotopic (exact) mass is 169 g/mol. The zero-order valence-electron chi connectivity index (χ0n) is 7.00. The van der Waals surface area contributed by atoms with E-state index in [0.717, 1.165) is 19.3 Å². The number of esters is 1. The summed E-state index contributed by atoms with van der Waals surface area (Å²) >= 11 is 0. The van der Waals surface area contributed by atoms with Crippen LogP contribution in [0.5, 0.6) is 0 Å². The van der Waals surface area contributed by atoms with Gasteiger partial charge >= 0.3 is 12.1 Å². The summed E-state index contributed by atoms with van der Waals surface area (Å²) in [6.07, 6.45) is 2.23. The molecule has 0 radical (unpaired) electrons. The Morgan fingerprint density at radius 1 is 1.42 bits per heavy atom. The van der Waals surface area contributed by atoms with E-state index in [9.17, 15) is 9.59 Å². The number of hydrogen-bond donors (Lipinski definition) is 0. The predicted octanol–water partition coefficient (Wildman–Crippen LogP) is 0.908. The third-order valence-electron chi connectivity index (χ3n) is 2.73. The first-order valence-corrected chi connectivity index (χ1v) is 4.18. The molecule has 0 aromatic heterocycles. The molecule has 4 heteroatoms. The van der Waals surface area contributed by atoms with E-state index in [4.69, 9.17) is 0 Å². The lowest BCUT2D eigenvalue weighted by Gasteiger charge is -2.33. The predicted molar refractivity (Wildman–Crippen MR) is 40.5 cm³/mol. The molecule has 0 aromatic rings. The van der Waals surface area contributed by atoms with Crippen molar-refractivity contribution in [3.8, 4) is 0 Å². The highest BCUT2D eigenvalue weighted by molar-refractivity contribution is 5.98. The van der Waals surface area contributed by atoms with Gasteiger partial charge in [-0.15, -0.1) is 0 Å². The lowest BCUT2D eigenvalue weighted by Crippen LogP contribution is -2.49. The van der Waals surface area contributed by atoms with E-state index >= 15 is 0 Å². The summed E-state index contributed by atoms with van der Waals surface area (Å²) in [7, 11) is 0. The van der Waals surface area contributed by atoms with Crippen LogP contribution in [-0.4, -0.2) is 29.0 Å². The molecule has 4 nitrogen and oxygen atoms in total. The Hall–Kier alpha value is -1.06. The highest BCUT2D eigenvalue weighted by atomic mass is 16.6. The molecule has 2 aliphatic rings. The van der Waals surface area contributed by atoms with Crippen molar-refractivity contribution in [3.05, 3.63) is 0 Å². The summed E-state index contributed by atoms with van der Waals surface area (Å²) in [5.74, 6) is -0.382. The number of piperidine rings is 1. The zero-order chi connectivity index (χ0) is 8.77. The second-order valence-corrected chi connectivity index (χ2v) is 3.54. The summed E-state index contributed by atoms with van der Waals surface area (Å²) in [5.41, 5.74) is -0.657. The molecule has 0 saturated carbocycles. The summed E-state index contributed by atoms with van der Waals surface area (Å²) in [4.78, 5) is 23.9. The van der Waals surface area contributed by atoms with Crippen molar-refractivity contribution in [1.82, 2.24) is 4.90 Å². The van der Waals surface area contributed by atoms with E-state index in [0.29, 0.717) is 6.54 Å². The third-order valence-corrected chi connectivity index (χ3v) is 2.73. The van der Waals surface area contributed by atoms with Crippen LogP contribution in [0.4, 0.5) is 4.79 Å². The number of hydrogen-bond acceptors (Lipinski definition) is 3. The minimum absolute atomic E-state index is 0.382. The molecular weight excluding hydrogens is 158 g/mol. The van der Waals surface area contributed by atoms with Crippen LogP contribution in [0.2, 0.25) is 0 Å². The number of carbonyl (C=O) groups is 2. The van der Waals surface area contributed by atoms with Crippen LogP contribution in [-0.2, 0) is 9.53 Å². The van der Waals surface area contributed by atoms with E-state index < -0.39 is 11.6 Å². The van der Waals surface area contributed by atoms with Crippen molar-refractivity contribution < 1.29 is 14.3 Å². The second-order valence-electron chi connectivity index (χ2n) is 3.54. The molecule has 1 amide bonds. The number of ether oxygens (including phenoxy) is 1. The fourth-order valence-electron chi connectivity index (χ4n) is 1.87. The van der Waals surface area contributed by atoms with Gasteiger partial charge in [0, 0.05) is 6.54 Å². The van der Waals surface area contributed by atoms with E-state index in [1.165, 1.54) is 0 Å². The topological polar surface area (TPSA) is 46.6 Å². The van der Waals surface area contributed by atoms with Crippen LogP contribution < -0.4 is 0 Å². The van der Waals surface area contributed by atoms with Crippen LogP contribution in [0.15, 0.2) is 0 Å². The molecule has 2 fully saturated rings. The average molecular weight is 169 g/mol. The maximum Gasteiger partial charge on any atom is 0.418 e. The number of fused-ring (bicyclic) bond motifs is 1. The molecule has 0 N–H and O–H groups in total. The molecule has 0 spiro atoms. The average Bonchev–Trinajstić information content (AvgIpc) is 2.25. The number of carbonyl (C=O) groups excluding carboxylic acids is 2. The van der Waals surface area contributed by atoms with Crippen molar-refractivity contribution in [2.45, 2.75) is 31.7 Å². The standard InChI is InChI=1S/C8H11NO3/c1-8-4-2-3-5-9(8)7(11)12-6(8)10/h2-5H2,1H3/t8-/m1/s1.